The molecule has 324 valence electrons. The van der Waals surface area contributed by atoms with Gasteiger partial charge in [-0.3, -0.25) is 4.79 Å². The van der Waals surface area contributed by atoms with Crippen molar-refractivity contribution in [3.63, 3.8) is 0 Å². The number of fused-ring (bicyclic) bond motifs is 4. The van der Waals surface area contributed by atoms with Gasteiger partial charge >= 0.3 is 5.97 Å². The van der Waals surface area contributed by atoms with Crippen LogP contribution in [-0.4, -0.2) is 90.6 Å². The smallest absolute Gasteiger partial charge is 0.311 e. The molecule has 1 aromatic rings. The van der Waals surface area contributed by atoms with E-state index in [-0.39, 0.29) is 33.8 Å². The zero-order valence-corrected chi connectivity index (χ0v) is 40.2. The molecule has 0 amide bonds. The third-order valence-corrected chi connectivity index (χ3v) is 22.4. The Morgan fingerprint density at radius 1 is 0.895 bits per heavy atom. The largest absolute Gasteiger partial charge is 0.497 e. The average molecular weight is 833 g/mol. The van der Waals surface area contributed by atoms with Crippen molar-refractivity contribution < 1.29 is 46.9 Å². The van der Waals surface area contributed by atoms with Crippen LogP contribution in [0.25, 0.3) is 0 Å². The van der Waals surface area contributed by atoms with Crippen LogP contribution in [0.4, 0.5) is 0 Å². The highest BCUT2D eigenvalue weighted by Gasteiger charge is 2.55. The van der Waals surface area contributed by atoms with Gasteiger partial charge in [-0.05, 0) is 93.0 Å². The van der Waals surface area contributed by atoms with Gasteiger partial charge in [0.15, 0.2) is 22.4 Å². The molecule has 0 saturated carbocycles. The van der Waals surface area contributed by atoms with Gasteiger partial charge in [-0.25, -0.2) is 0 Å². The molecule has 57 heavy (non-hydrogen) atoms. The van der Waals surface area contributed by atoms with Crippen LogP contribution in [-0.2, 0) is 48.7 Å². The summed E-state index contributed by atoms with van der Waals surface area (Å²) in [5.74, 6) is -1.51. The predicted molar refractivity (Wildman–Crippen MR) is 229 cm³/mol. The summed E-state index contributed by atoms with van der Waals surface area (Å²) in [7, 11) is -3.19. The van der Waals surface area contributed by atoms with Crippen molar-refractivity contribution >= 4 is 28.9 Å². The Bertz CT molecular complexity index is 1510. The zero-order valence-electron chi connectivity index (χ0n) is 38.2. The van der Waals surface area contributed by atoms with Crippen molar-refractivity contribution in [1.29, 1.82) is 0 Å². The second-order valence-electron chi connectivity index (χ2n) is 20.5. The molecule has 0 aromatic heterocycles. The molecular formula is C45H76O10Si2. The van der Waals surface area contributed by atoms with Crippen LogP contribution < -0.4 is 4.74 Å². The summed E-state index contributed by atoms with van der Waals surface area (Å²) in [6.45, 7) is 34.3. The molecule has 0 aliphatic carbocycles. The van der Waals surface area contributed by atoms with Gasteiger partial charge < -0.3 is 42.1 Å². The molecule has 0 N–H and O–H groups in total. The highest BCUT2D eigenvalue weighted by atomic mass is 28.4. The molecule has 2 fully saturated rings. The fourth-order valence-corrected chi connectivity index (χ4v) is 10.1. The van der Waals surface area contributed by atoms with E-state index in [1.165, 1.54) is 0 Å². The molecule has 4 rings (SSSR count). The van der Waals surface area contributed by atoms with Crippen molar-refractivity contribution in [3.05, 3.63) is 42.0 Å². The van der Waals surface area contributed by atoms with Crippen molar-refractivity contribution in [2.75, 3.05) is 7.11 Å². The maximum atomic E-state index is 14.8. The van der Waals surface area contributed by atoms with Crippen molar-refractivity contribution in [2.45, 2.75) is 193 Å². The molecule has 3 aliphatic rings. The normalized spacial score (nSPS) is 33.1. The molecule has 2 saturated heterocycles. The first kappa shape index (κ1) is 47.8. The molecule has 3 heterocycles. The maximum Gasteiger partial charge on any atom is 0.311 e. The van der Waals surface area contributed by atoms with E-state index >= 15 is 0 Å². The number of aldehydes is 1. The Kier molecular flexibility index (Phi) is 15.4. The summed E-state index contributed by atoms with van der Waals surface area (Å²) in [5, 5.41) is -0.234. The average Bonchev–Trinajstić information content (AvgIpc) is 3.67. The van der Waals surface area contributed by atoms with Gasteiger partial charge in [-0.15, -0.1) is 0 Å². The molecule has 0 spiro atoms. The van der Waals surface area contributed by atoms with Gasteiger partial charge in [0, 0.05) is 12.3 Å². The van der Waals surface area contributed by atoms with Crippen LogP contribution in [0, 0.1) is 23.7 Å². The van der Waals surface area contributed by atoms with Crippen LogP contribution in [0.2, 0.25) is 36.3 Å². The van der Waals surface area contributed by atoms with Crippen molar-refractivity contribution in [2.24, 2.45) is 23.7 Å². The summed E-state index contributed by atoms with van der Waals surface area (Å²) in [6.07, 6.45) is 1.86. The molecular weight excluding hydrogens is 757 g/mol. The SMILES string of the molecule is COc1ccc(CO[C@@H]2[C@@H](C)[C@H](C)/C=C/[C@@H]3OC(C)(C)O[C@@H]3[C@@H]3C[C@@H](OC(=O)[C@@H](C)[C@@H]2O[Si](C)(C)C(C)(C)C)[C@H]([C@H](C[C@@H](C)C=O)O[Si](C)(C)C(C)(C)C)O3)cc1. The fourth-order valence-electron chi connectivity index (χ4n) is 7.42. The quantitative estimate of drug-likeness (QED) is 0.0875. The number of carbonyl (C=O) groups excluding carboxylic acids is 2. The molecule has 12 heteroatoms. The monoisotopic (exact) mass is 832 g/mol. The van der Waals surface area contributed by atoms with E-state index in [2.05, 4.69) is 93.7 Å². The number of esters is 1. The minimum absolute atomic E-state index is 0.00713. The molecule has 1 aromatic carbocycles. The van der Waals surface area contributed by atoms with Crippen LogP contribution in [0.5, 0.6) is 5.75 Å². The van der Waals surface area contributed by atoms with E-state index in [4.69, 9.17) is 37.3 Å². The van der Waals surface area contributed by atoms with E-state index in [9.17, 15) is 9.59 Å². The molecule has 10 nitrogen and oxygen atoms in total. The first-order valence-corrected chi connectivity index (χ1v) is 27.0. The van der Waals surface area contributed by atoms with Gasteiger partial charge in [0.25, 0.3) is 0 Å². The van der Waals surface area contributed by atoms with Crippen molar-refractivity contribution in [3.8, 4) is 5.75 Å². The highest BCUT2D eigenvalue weighted by Crippen LogP contribution is 2.45. The van der Waals surface area contributed by atoms with E-state index in [0.717, 1.165) is 17.6 Å². The standard InChI is InChI=1S/C45H76O10Si2/c1-28(26-46)24-37(54-56(14,15)43(5,6)7)40-35-25-36(50-40)41-34(52-45(11,12)53-41)23-18-29(2)30(3)38(49-27-32-19-21-33(48-13)22-20-32)39(31(4)42(47)51-35)55-57(16,17)44(8,9)10/h18-23,26,28-31,34-41H,24-25,27H2,1-17H3/b23-18+/t28-,29-,30+,31+,34+,35-,36+,37+,38-,39+,40-,41+/m1/s1. The van der Waals surface area contributed by atoms with Gasteiger partial charge in [0.2, 0.25) is 0 Å². The summed E-state index contributed by atoms with van der Waals surface area (Å²) < 4.78 is 53.5. The van der Waals surface area contributed by atoms with Crippen LogP contribution >= 0.6 is 0 Å². The molecule has 2 bridgehead atoms. The van der Waals surface area contributed by atoms with E-state index in [1.54, 1.807) is 7.11 Å². The van der Waals surface area contributed by atoms with Gasteiger partial charge in [-0.1, -0.05) is 86.6 Å². The van der Waals surface area contributed by atoms with Gasteiger partial charge in [-0.2, -0.15) is 0 Å². The summed E-state index contributed by atoms with van der Waals surface area (Å²) >= 11 is 0. The number of benzene rings is 1. The molecule has 0 radical (unpaired) electrons. The number of rotatable bonds is 12. The Morgan fingerprint density at radius 2 is 1.51 bits per heavy atom. The Hall–Kier alpha value is -1.91. The minimum atomic E-state index is -2.47. The number of ether oxygens (including phenoxy) is 6. The number of hydrogen-bond donors (Lipinski definition) is 0. The lowest BCUT2D eigenvalue weighted by atomic mass is 9.83. The fraction of sp³-hybridized carbons (Fsp3) is 0.778. The van der Waals surface area contributed by atoms with Crippen molar-refractivity contribution in [1.82, 2.24) is 0 Å². The summed E-state index contributed by atoms with van der Waals surface area (Å²) in [5.41, 5.74) is 0.989. The first-order chi connectivity index (χ1) is 26.2. The summed E-state index contributed by atoms with van der Waals surface area (Å²) in [6, 6.07) is 7.86. The minimum Gasteiger partial charge on any atom is -0.497 e. The Labute approximate surface area is 346 Å². The highest BCUT2D eigenvalue weighted by molar-refractivity contribution is 6.74. The Balaban J connectivity index is 1.85. The first-order valence-electron chi connectivity index (χ1n) is 21.2. The molecule has 12 atom stereocenters. The van der Waals surface area contributed by atoms with Crippen LogP contribution in [0.3, 0.4) is 0 Å². The van der Waals surface area contributed by atoms with E-state index in [0.29, 0.717) is 19.4 Å². The maximum absolute atomic E-state index is 14.8. The number of carbonyl (C=O) groups is 2. The summed E-state index contributed by atoms with van der Waals surface area (Å²) in [4.78, 5) is 27.0. The second-order valence-corrected chi connectivity index (χ2v) is 30.1. The number of methoxy groups -OCH3 is 1. The van der Waals surface area contributed by atoms with E-state index in [1.807, 2.05) is 52.0 Å². The van der Waals surface area contributed by atoms with Crippen LogP contribution in [0.15, 0.2) is 36.4 Å². The lowest BCUT2D eigenvalue weighted by Gasteiger charge is -2.45. The Morgan fingerprint density at radius 3 is 2.07 bits per heavy atom. The van der Waals surface area contributed by atoms with E-state index < -0.39 is 77.2 Å². The second kappa shape index (κ2) is 18.4. The van der Waals surface area contributed by atoms with Gasteiger partial charge in [0.1, 0.15) is 36.5 Å². The lowest BCUT2D eigenvalue weighted by molar-refractivity contribution is -0.171. The number of hydrogen-bond acceptors (Lipinski definition) is 10. The lowest BCUT2D eigenvalue weighted by Crippen LogP contribution is -2.54. The molecule has 3 aliphatic heterocycles. The number of allylic oxidation sites excluding steroid dienone is 1. The van der Waals surface area contributed by atoms with Gasteiger partial charge in [0.05, 0.1) is 44.1 Å². The topological polar surface area (TPSA) is 108 Å². The molecule has 0 unspecified atom stereocenters. The third-order valence-electron chi connectivity index (χ3n) is 13.4. The van der Waals surface area contributed by atoms with Crippen LogP contribution in [0.1, 0.15) is 101 Å². The third kappa shape index (κ3) is 11.7. The predicted octanol–water partition coefficient (Wildman–Crippen LogP) is 9.65. The zero-order chi connectivity index (χ0) is 42.9.